The molecule has 0 aliphatic rings. The van der Waals surface area contributed by atoms with E-state index in [1.165, 1.54) is 0 Å². The summed E-state index contributed by atoms with van der Waals surface area (Å²) in [6.45, 7) is 3.57. The number of hydrogen-bond donors (Lipinski definition) is 0. The van der Waals surface area contributed by atoms with E-state index in [-0.39, 0.29) is 11.9 Å². The van der Waals surface area contributed by atoms with E-state index in [2.05, 4.69) is 4.98 Å². The maximum atomic E-state index is 11.1. The highest BCUT2D eigenvalue weighted by atomic mass is 16.5. The van der Waals surface area contributed by atoms with Gasteiger partial charge in [-0.1, -0.05) is 19.9 Å². The molecular weight excluding hydrogens is 154 g/mol. The summed E-state index contributed by atoms with van der Waals surface area (Å²) in [7, 11) is 0. The zero-order valence-electron chi connectivity index (χ0n) is 7.15. The number of aromatic nitrogens is 1. The molecule has 0 atom stereocenters. The number of ether oxygens (including phenoxy) is 1. The number of pyridine rings is 1. The first kappa shape index (κ1) is 8.71. The van der Waals surface area contributed by atoms with E-state index >= 15 is 0 Å². The molecule has 0 spiro atoms. The molecule has 1 aromatic heterocycles. The SMILES string of the molecule is CC(C)C(=O)Oc1ccccn1. The largest absolute Gasteiger partial charge is 0.407 e. The lowest BCUT2D eigenvalue weighted by Gasteiger charge is -2.04. The topological polar surface area (TPSA) is 39.2 Å². The number of hydrogen-bond acceptors (Lipinski definition) is 3. The number of carbonyl (C=O) groups excluding carboxylic acids is 1. The molecule has 3 heteroatoms. The Morgan fingerprint density at radius 3 is 2.75 bits per heavy atom. The summed E-state index contributed by atoms with van der Waals surface area (Å²) in [6, 6.07) is 5.20. The zero-order valence-corrected chi connectivity index (χ0v) is 7.15. The summed E-state index contributed by atoms with van der Waals surface area (Å²) in [5, 5.41) is 0. The van der Waals surface area contributed by atoms with E-state index in [4.69, 9.17) is 4.74 Å². The van der Waals surface area contributed by atoms with Gasteiger partial charge in [0.25, 0.3) is 0 Å². The molecule has 0 radical (unpaired) electrons. The Hall–Kier alpha value is -1.38. The number of rotatable bonds is 2. The predicted molar refractivity (Wildman–Crippen MR) is 44.7 cm³/mol. The molecule has 3 nitrogen and oxygen atoms in total. The van der Waals surface area contributed by atoms with E-state index < -0.39 is 0 Å². The van der Waals surface area contributed by atoms with Crippen molar-refractivity contribution in [2.24, 2.45) is 5.92 Å². The molecule has 1 heterocycles. The Morgan fingerprint density at radius 2 is 2.25 bits per heavy atom. The second-order valence-corrected chi connectivity index (χ2v) is 2.74. The van der Waals surface area contributed by atoms with Crippen molar-refractivity contribution in [2.45, 2.75) is 13.8 Å². The molecule has 64 valence electrons. The fourth-order valence-electron chi connectivity index (χ4n) is 0.628. The van der Waals surface area contributed by atoms with Gasteiger partial charge in [0.1, 0.15) is 0 Å². The fraction of sp³-hybridized carbons (Fsp3) is 0.333. The molecule has 1 aromatic rings. The van der Waals surface area contributed by atoms with Crippen LogP contribution in [-0.2, 0) is 4.79 Å². The van der Waals surface area contributed by atoms with Gasteiger partial charge in [0, 0.05) is 12.3 Å². The lowest BCUT2D eigenvalue weighted by atomic mass is 10.2. The lowest BCUT2D eigenvalue weighted by Crippen LogP contribution is -2.15. The van der Waals surface area contributed by atoms with Crippen LogP contribution in [0.25, 0.3) is 0 Å². The zero-order chi connectivity index (χ0) is 8.97. The summed E-state index contributed by atoms with van der Waals surface area (Å²) >= 11 is 0. The molecule has 0 aliphatic heterocycles. The van der Waals surface area contributed by atoms with Crippen molar-refractivity contribution in [3.8, 4) is 5.88 Å². The van der Waals surface area contributed by atoms with Crippen LogP contribution in [-0.4, -0.2) is 11.0 Å². The van der Waals surface area contributed by atoms with Gasteiger partial charge in [-0.15, -0.1) is 0 Å². The highest BCUT2D eigenvalue weighted by Crippen LogP contribution is 2.06. The number of carbonyl (C=O) groups is 1. The maximum Gasteiger partial charge on any atom is 0.315 e. The van der Waals surface area contributed by atoms with E-state index in [1.54, 1.807) is 38.2 Å². The van der Waals surface area contributed by atoms with Gasteiger partial charge in [0.2, 0.25) is 5.88 Å². The van der Waals surface area contributed by atoms with Crippen LogP contribution in [0.4, 0.5) is 0 Å². The van der Waals surface area contributed by atoms with E-state index in [1.807, 2.05) is 0 Å². The fourth-order valence-corrected chi connectivity index (χ4v) is 0.628. The molecular formula is C9H11NO2. The van der Waals surface area contributed by atoms with Crippen LogP contribution in [0, 0.1) is 5.92 Å². The molecule has 0 bridgehead atoms. The van der Waals surface area contributed by atoms with Crippen LogP contribution < -0.4 is 4.74 Å². The minimum Gasteiger partial charge on any atom is -0.407 e. The van der Waals surface area contributed by atoms with Gasteiger partial charge < -0.3 is 4.74 Å². The van der Waals surface area contributed by atoms with E-state index in [0.717, 1.165) is 0 Å². The molecule has 0 aromatic carbocycles. The molecule has 0 aliphatic carbocycles. The summed E-state index contributed by atoms with van der Waals surface area (Å²) in [6.07, 6.45) is 1.59. The van der Waals surface area contributed by atoms with Crippen LogP contribution in [0.3, 0.4) is 0 Å². The quantitative estimate of drug-likeness (QED) is 0.625. The summed E-state index contributed by atoms with van der Waals surface area (Å²) in [5.41, 5.74) is 0. The molecule has 0 saturated carbocycles. The number of nitrogens with zero attached hydrogens (tertiary/aromatic N) is 1. The first-order valence-corrected chi connectivity index (χ1v) is 3.83. The van der Waals surface area contributed by atoms with Crippen molar-refractivity contribution in [2.75, 3.05) is 0 Å². The summed E-state index contributed by atoms with van der Waals surface area (Å²) in [5.74, 6) is -0.0168. The lowest BCUT2D eigenvalue weighted by molar-refractivity contribution is -0.138. The van der Waals surface area contributed by atoms with Crippen LogP contribution in [0.2, 0.25) is 0 Å². The predicted octanol–water partition coefficient (Wildman–Crippen LogP) is 1.64. The second-order valence-electron chi connectivity index (χ2n) is 2.74. The third-order valence-corrected chi connectivity index (χ3v) is 1.31. The molecule has 0 amide bonds. The third kappa shape index (κ3) is 2.34. The van der Waals surface area contributed by atoms with Gasteiger partial charge in [0.05, 0.1) is 5.92 Å². The normalized spacial score (nSPS) is 9.92. The Kier molecular flexibility index (Phi) is 2.80. The minimum absolute atomic E-state index is 0.119. The monoisotopic (exact) mass is 165 g/mol. The molecule has 0 N–H and O–H groups in total. The number of esters is 1. The second kappa shape index (κ2) is 3.85. The van der Waals surface area contributed by atoms with Gasteiger partial charge in [-0.2, -0.15) is 0 Å². The maximum absolute atomic E-state index is 11.1. The Balaban J connectivity index is 2.59. The van der Waals surface area contributed by atoms with Crippen LogP contribution in [0.5, 0.6) is 5.88 Å². The minimum atomic E-state index is -0.256. The summed E-state index contributed by atoms with van der Waals surface area (Å²) in [4.78, 5) is 14.9. The van der Waals surface area contributed by atoms with Crippen LogP contribution in [0.15, 0.2) is 24.4 Å². The van der Waals surface area contributed by atoms with Gasteiger partial charge >= 0.3 is 5.97 Å². The van der Waals surface area contributed by atoms with Gasteiger partial charge in [0.15, 0.2) is 0 Å². The molecule has 0 saturated heterocycles. The molecule has 0 fully saturated rings. The Bertz CT molecular complexity index is 256. The third-order valence-electron chi connectivity index (χ3n) is 1.31. The van der Waals surface area contributed by atoms with Crippen LogP contribution >= 0.6 is 0 Å². The van der Waals surface area contributed by atoms with Gasteiger partial charge in [-0.25, -0.2) is 4.98 Å². The first-order chi connectivity index (χ1) is 5.70. The standard InChI is InChI=1S/C9H11NO2/c1-7(2)9(11)12-8-5-3-4-6-10-8/h3-7H,1-2H3. The average molecular weight is 165 g/mol. The molecule has 1 rings (SSSR count). The van der Waals surface area contributed by atoms with Gasteiger partial charge in [-0.3, -0.25) is 4.79 Å². The highest BCUT2D eigenvalue weighted by Gasteiger charge is 2.09. The Morgan fingerprint density at radius 1 is 1.50 bits per heavy atom. The Labute approximate surface area is 71.4 Å². The van der Waals surface area contributed by atoms with Crippen molar-refractivity contribution in [3.05, 3.63) is 24.4 Å². The smallest absolute Gasteiger partial charge is 0.315 e. The van der Waals surface area contributed by atoms with Gasteiger partial charge in [-0.05, 0) is 6.07 Å². The molecule has 0 unspecified atom stereocenters. The highest BCUT2D eigenvalue weighted by molar-refractivity contribution is 5.73. The molecule has 12 heavy (non-hydrogen) atoms. The van der Waals surface area contributed by atoms with Crippen molar-refractivity contribution in [3.63, 3.8) is 0 Å². The van der Waals surface area contributed by atoms with E-state index in [9.17, 15) is 4.79 Å². The van der Waals surface area contributed by atoms with E-state index in [0.29, 0.717) is 5.88 Å². The van der Waals surface area contributed by atoms with Crippen molar-refractivity contribution < 1.29 is 9.53 Å². The van der Waals surface area contributed by atoms with Crippen LogP contribution in [0.1, 0.15) is 13.8 Å². The first-order valence-electron chi connectivity index (χ1n) is 3.83. The average Bonchev–Trinajstić information content (AvgIpc) is 2.06. The summed E-state index contributed by atoms with van der Waals surface area (Å²) < 4.78 is 4.93. The van der Waals surface area contributed by atoms with Crippen molar-refractivity contribution in [1.29, 1.82) is 0 Å². The van der Waals surface area contributed by atoms with Crippen molar-refractivity contribution >= 4 is 5.97 Å². The van der Waals surface area contributed by atoms with Crippen molar-refractivity contribution in [1.82, 2.24) is 4.98 Å².